The fraction of sp³-hybridized carbons (Fsp3) is 0.227. The second-order valence-corrected chi connectivity index (χ2v) is 9.02. The van der Waals surface area contributed by atoms with Crippen molar-refractivity contribution < 1.29 is 22.5 Å². The second-order valence-electron chi connectivity index (χ2n) is 7.37. The summed E-state index contributed by atoms with van der Waals surface area (Å²) in [5.74, 6) is 0.389. The van der Waals surface area contributed by atoms with E-state index in [1.807, 2.05) is 30.3 Å². The highest BCUT2D eigenvalue weighted by atomic mass is 32.2. The fourth-order valence-electron chi connectivity index (χ4n) is 3.61. The van der Waals surface area contributed by atoms with E-state index in [0.29, 0.717) is 37.6 Å². The predicted molar refractivity (Wildman–Crippen MR) is 121 cm³/mol. The number of ether oxygens (including phenoxy) is 2. The molecule has 1 saturated heterocycles. The average molecular weight is 468 g/mol. The van der Waals surface area contributed by atoms with Gasteiger partial charge in [-0.05, 0) is 40.1 Å². The first kappa shape index (κ1) is 21.2. The van der Waals surface area contributed by atoms with Crippen molar-refractivity contribution in [3.63, 3.8) is 0 Å². The summed E-state index contributed by atoms with van der Waals surface area (Å²) in [7, 11) is -4.06. The molecule has 33 heavy (non-hydrogen) atoms. The molecular weight excluding hydrogens is 446 g/mol. The van der Waals surface area contributed by atoms with Crippen LogP contribution in [0, 0.1) is 0 Å². The van der Waals surface area contributed by atoms with Crippen LogP contribution < -0.4 is 14.4 Å². The largest absolute Gasteiger partial charge is 0.485 e. The number of benzene rings is 2. The maximum Gasteiger partial charge on any atom is 0.265 e. The molecule has 2 aromatic carbocycles. The van der Waals surface area contributed by atoms with Crippen LogP contribution in [-0.4, -0.2) is 50.0 Å². The molecule has 170 valence electrons. The maximum atomic E-state index is 13.3. The van der Waals surface area contributed by atoms with Gasteiger partial charge >= 0.3 is 0 Å². The molecule has 0 atom stereocenters. The number of nitrogens with one attached hydrogen (secondary N) is 1. The van der Waals surface area contributed by atoms with E-state index in [0.717, 1.165) is 11.3 Å². The number of sulfonamides is 1. The van der Waals surface area contributed by atoms with Crippen molar-refractivity contribution in [1.82, 2.24) is 15.3 Å². The van der Waals surface area contributed by atoms with E-state index >= 15 is 0 Å². The first-order valence-electron chi connectivity index (χ1n) is 10.3. The first-order valence-corrected chi connectivity index (χ1v) is 11.8. The number of morpholine rings is 1. The molecule has 0 unspecified atom stereocenters. The monoisotopic (exact) mass is 467 g/mol. The van der Waals surface area contributed by atoms with E-state index in [2.05, 4.69) is 24.9 Å². The van der Waals surface area contributed by atoms with E-state index in [-0.39, 0.29) is 22.8 Å². The van der Waals surface area contributed by atoms with Crippen LogP contribution in [0.2, 0.25) is 0 Å². The van der Waals surface area contributed by atoms with E-state index in [1.165, 1.54) is 12.3 Å². The molecule has 1 aliphatic heterocycles. The van der Waals surface area contributed by atoms with Crippen molar-refractivity contribution >= 4 is 32.6 Å². The third kappa shape index (κ3) is 4.45. The lowest BCUT2D eigenvalue weighted by Crippen LogP contribution is -2.36. The second kappa shape index (κ2) is 9.04. The minimum absolute atomic E-state index is 0.0598. The SMILES string of the molecule is O=S(=O)(Nc1ncccc1OCc1ccccc1)c1ccc(N2CCOCC2)c2nonc12. The van der Waals surface area contributed by atoms with Crippen LogP contribution >= 0.6 is 0 Å². The number of pyridine rings is 1. The Morgan fingerprint density at radius 1 is 0.970 bits per heavy atom. The molecule has 0 radical (unpaired) electrons. The van der Waals surface area contributed by atoms with Crippen LogP contribution in [0.3, 0.4) is 0 Å². The molecular formula is C22H21N5O5S. The predicted octanol–water partition coefficient (Wildman–Crippen LogP) is 2.83. The van der Waals surface area contributed by atoms with Crippen molar-refractivity contribution in [3.05, 3.63) is 66.4 Å². The van der Waals surface area contributed by atoms with Gasteiger partial charge in [-0.3, -0.25) is 4.72 Å². The average Bonchev–Trinajstić information content (AvgIpc) is 3.34. The quantitative estimate of drug-likeness (QED) is 0.437. The summed E-state index contributed by atoms with van der Waals surface area (Å²) in [6.45, 7) is 2.78. The van der Waals surface area contributed by atoms with Gasteiger partial charge in [-0.15, -0.1) is 0 Å². The van der Waals surface area contributed by atoms with Crippen molar-refractivity contribution in [3.8, 4) is 5.75 Å². The Balaban J connectivity index is 1.43. The lowest BCUT2D eigenvalue weighted by molar-refractivity contribution is 0.123. The number of fused-ring (bicyclic) bond motifs is 1. The van der Waals surface area contributed by atoms with Crippen molar-refractivity contribution in [2.45, 2.75) is 11.5 Å². The molecule has 0 bridgehead atoms. The standard InChI is InChI=1S/C22H21N5O5S/c28-33(29,26-22-18(7-4-10-23-22)31-15-16-5-2-1-3-6-16)19-9-8-17(20-21(19)25-32-24-20)27-11-13-30-14-12-27/h1-10H,11-15H2,(H,23,26). The van der Waals surface area contributed by atoms with Crippen molar-refractivity contribution in [2.24, 2.45) is 0 Å². The van der Waals surface area contributed by atoms with Crippen LogP contribution in [-0.2, 0) is 21.4 Å². The zero-order chi connectivity index (χ0) is 22.7. The zero-order valence-electron chi connectivity index (χ0n) is 17.5. The van der Waals surface area contributed by atoms with Crippen LogP contribution in [0.4, 0.5) is 11.5 Å². The van der Waals surface area contributed by atoms with E-state index in [9.17, 15) is 8.42 Å². The number of rotatable bonds is 7. The van der Waals surface area contributed by atoms with E-state index < -0.39 is 10.0 Å². The number of hydrogen-bond donors (Lipinski definition) is 1. The molecule has 0 amide bonds. The summed E-state index contributed by atoms with van der Waals surface area (Å²) >= 11 is 0. The summed E-state index contributed by atoms with van der Waals surface area (Å²) in [5, 5.41) is 7.82. The van der Waals surface area contributed by atoms with E-state index in [4.69, 9.17) is 14.1 Å². The lowest BCUT2D eigenvalue weighted by atomic mass is 10.2. The zero-order valence-corrected chi connectivity index (χ0v) is 18.4. The Labute approximate surface area is 190 Å². The summed E-state index contributed by atoms with van der Waals surface area (Å²) < 4.78 is 45.2. The Kier molecular flexibility index (Phi) is 5.80. The highest BCUT2D eigenvalue weighted by Crippen LogP contribution is 2.32. The maximum absolute atomic E-state index is 13.3. The van der Waals surface area contributed by atoms with Gasteiger partial charge in [0.2, 0.25) is 0 Å². The van der Waals surface area contributed by atoms with Gasteiger partial charge in [0.15, 0.2) is 22.6 Å². The lowest BCUT2D eigenvalue weighted by Gasteiger charge is -2.28. The molecule has 4 aromatic rings. The molecule has 3 heterocycles. The van der Waals surface area contributed by atoms with E-state index in [1.54, 1.807) is 18.2 Å². The molecule has 1 N–H and O–H groups in total. The molecule has 0 aliphatic carbocycles. The molecule has 2 aromatic heterocycles. The third-order valence-electron chi connectivity index (χ3n) is 5.24. The van der Waals surface area contributed by atoms with Crippen LogP contribution in [0.25, 0.3) is 11.0 Å². The highest BCUT2D eigenvalue weighted by molar-refractivity contribution is 7.93. The molecule has 11 heteroatoms. The Morgan fingerprint density at radius 2 is 1.76 bits per heavy atom. The summed E-state index contributed by atoms with van der Waals surface area (Å²) in [6.07, 6.45) is 1.49. The molecule has 0 spiro atoms. The number of hydrogen-bond acceptors (Lipinski definition) is 9. The van der Waals surface area contributed by atoms with Crippen LogP contribution in [0.15, 0.2) is 70.3 Å². The minimum Gasteiger partial charge on any atom is -0.485 e. The smallest absolute Gasteiger partial charge is 0.265 e. The summed E-state index contributed by atoms with van der Waals surface area (Å²) in [5.41, 5.74) is 2.22. The Hall–Kier alpha value is -3.70. The topological polar surface area (TPSA) is 120 Å². The first-order chi connectivity index (χ1) is 16.1. The molecule has 5 rings (SSSR count). The minimum atomic E-state index is -4.06. The highest BCUT2D eigenvalue weighted by Gasteiger charge is 2.26. The van der Waals surface area contributed by atoms with Crippen molar-refractivity contribution in [1.29, 1.82) is 0 Å². The van der Waals surface area contributed by atoms with Crippen molar-refractivity contribution in [2.75, 3.05) is 35.9 Å². The van der Waals surface area contributed by atoms with Gasteiger partial charge in [-0.25, -0.2) is 18.0 Å². The number of aromatic nitrogens is 3. The fourth-order valence-corrected chi connectivity index (χ4v) is 4.76. The number of anilines is 2. The number of nitrogens with zero attached hydrogens (tertiary/aromatic N) is 4. The van der Waals surface area contributed by atoms with Gasteiger partial charge in [-0.1, -0.05) is 30.3 Å². The van der Waals surface area contributed by atoms with Crippen LogP contribution in [0.5, 0.6) is 5.75 Å². The normalized spacial score (nSPS) is 14.4. The molecule has 0 saturated carbocycles. The Morgan fingerprint density at radius 3 is 2.58 bits per heavy atom. The molecule has 1 fully saturated rings. The van der Waals surface area contributed by atoms with Gasteiger partial charge in [0.05, 0.1) is 18.9 Å². The molecule has 10 nitrogen and oxygen atoms in total. The summed E-state index contributed by atoms with van der Waals surface area (Å²) in [4.78, 5) is 6.17. The van der Waals surface area contributed by atoms with Crippen LogP contribution in [0.1, 0.15) is 5.56 Å². The third-order valence-corrected chi connectivity index (χ3v) is 6.61. The van der Waals surface area contributed by atoms with Gasteiger partial charge in [0, 0.05) is 19.3 Å². The summed E-state index contributed by atoms with van der Waals surface area (Å²) in [6, 6.07) is 16.1. The molecule has 1 aliphatic rings. The van der Waals surface area contributed by atoms with Gasteiger partial charge in [-0.2, -0.15) is 0 Å². The van der Waals surface area contributed by atoms with Gasteiger partial charge in [0.1, 0.15) is 11.5 Å². The van der Waals surface area contributed by atoms with Gasteiger partial charge in [0.25, 0.3) is 10.0 Å². The Bertz CT molecular complexity index is 1350. The van der Waals surface area contributed by atoms with Gasteiger partial charge < -0.3 is 14.4 Å².